The Morgan fingerprint density at radius 1 is 1.28 bits per heavy atom. The second-order valence-corrected chi connectivity index (χ2v) is 5.61. The summed E-state index contributed by atoms with van der Waals surface area (Å²) in [7, 11) is 0. The third-order valence-corrected chi connectivity index (χ3v) is 3.76. The van der Waals surface area contributed by atoms with Gasteiger partial charge in [-0.2, -0.15) is 0 Å². The lowest BCUT2D eigenvalue weighted by atomic mass is 9.78. The van der Waals surface area contributed by atoms with Crippen molar-refractivity contribution in [1.82, 2.24) is 5.32 Å². The molecule has 3 heteroatoms. The van der Waals surface area contributed by atoms with Gasteiger partial charge in [0.25, 0.3) is 0 Å². The van der Waals surface area contributed by atoms with Crippen molar-refractivity contribution in [2.45, 2.75) is 58.5 Å². The number of rotatable bonds is 9. The average Bonchev–Trinajstić information content (AvgIpc) is 2.35. The van der Waals surface area contributed by atoms with Gasteiger partial charge in [0.05, 0.1) is 18.8 Å². The molecule has 0 bridgehead atoms. The van der Waals surface area contributed by atoms with Gasteiger partial charge < -0.3 is 14.8 Å². The monoisotopic (exact) mass is 257 g/mol. The Morgan fingerprint density at radius 2 is 2.11 bits per heavy atom. The van der Waals surface area contributed by atoms with Gasteiger partial charge in [0.1, 0.15) is 0 Å². The van der Waals surface area contributed by atoms with Crippen LogP contribution >= 0.6 is 0 Å². The third-order valence-electron chi connectivity index (χ3n) is 3.76. The molecule has 108 valence electrons. The van der Waals surface area contributed by atoms with Crippen LogP contribution in [0.3, 0.4) is 0 Å². The van der Waals surface area contributed by atoms with E-state index in [4.69, 9.17) is 9.47 Å². The van der Waals surface area contributed by atoms with E-state index in [0.717, 1.165) is 38.8 Å². The standard InChI is InChI=1S/C15H31NO2/c1-4-9-16-13-15(18-11-10-17-5-2)8-6-7-14(3)12-15/h14,16H,4-13H2,1-3H3. The predicted octanol–water partition coefficient (Wildman–Crippen LogP) is 2.99. The summed E-state index contributed by atoms with van der Waals surface area (Å²) in [5.41, 5.74) is 0.0595. The van der Waals surface area contributed by atoms with Gasteiger partial charge in [-0.05, 0) is 38.6 Å². The molecule has 0 aromatic heterocycles. The highest BCUT2D eigenvalue weighted by Crippen LogP contribution is 2.34. The maximum Gasteiger partial charge on any atom is 0.0810 e. The third kappa shape index (κ3) is 5.68. The molecule has 1 aliphatic rings. The first-order chi connectivity index (χ1) is 8.72. The van der Waals surface area contributed by atoms with Gasteiger partial charge in [-0.15, -0.1) is 0 Å². The number of hydrogen-bond donors (Lipinski definition) is 1. The molecule has 1 aliphatic carbocycles. The number of ether oxygens (including phenoxy) is 2. The van der Waals surface area contributed by atoms with Gasteiger partial charge in [0.15, 0.2) is 0 Å². The van der Waals surface area contributed by atoms with Crippen LogP contribution in [0.15, 0.2) is 0 Å². The maximum absolute atomic E-state index is 6.20. The van der Waals surface area contributed by atoms with Crippen LogP contribution in [0.25, 0.3) is 0 Å². The van der Waals surface area contributed by atoms with Gasteiger partial charge in [0, 0.05) is 13.2 Å². The second kappa shape index (κ2) is 8.89. The van der Waals surface area contributed by atoms with Gasteiger partial charge >= 0.3 is 0 Å². The van der Waals surface area contributed by atoms with Crippen molar-refractivity contribution in [3.8, 4) is 0 Å². The van der Waals surface area contributed by atoms with Crippen molar-refractivity contribution in [2.75, 3.05) is 32.9 Å². The normalized spacial score (nSPS) is 28.5. The summed E-state index contributed by atoms with van der Waals surface area (Å²) in [5.74, 6) is 0.786. The lowest BCUT2D eigenvalue weighted by Gasteiger charge is -2.40. The van der Waals surface area contributed by atoms with Crippen molar-refractivity contribution in [1.29, 1.82) is 0 Å². The Balaban J connectivity index is 2.39. The molecular weight excluding hydrogens is 226 g/mol. The van der Waals surface area contributed by atoms with Crippen LogP contribution in [0.2, 0.25) is 0 Å². The highest BCUT2D eigenvalue weighted by molar-refractivity contribution is 4.89. The highest BCUT2D eigenvalue weighted by Gasteiger charge is 2.35. The van der Waals surface area contributed by atoms with E-state index in [1.807, 2.05) is 6.92 Å². The summed E-state index contributed by atoms with van der Waals surface area (Å²) in [4.78, 5) is 0. The van der Waals surface area contributed by atoms with Crippen LogP contribution in [-0.2, 0) is 9.47 Å². The van der Waals surface area contributed by atoms with Gasteiger partial charge in [-0.1, -0.05) is 26.7 Å². The molecule has 0 heterocycles. The minimum atomic E-state index is 0.0595. The van der Waals surface area contributed by atoms with E-state index in [2.05, 4.69) is 19.2 Å². The van der Waals surface area contributed by atoms with Crippen LogP contribution in [0, 0.1) is 5.92 Å². The van der Waals surface area contributed by atoms with Crippen molar-refractivity contribution < 1.29 is 9.47 Å². The largest absolute Gasteiger partial charge is 0.379 e. The van der Waals surface area contributed by atoms with E-state index >= 15 is 0 Å². The van der Waals surface area contributed by atoms with Gasteiger partial charge in [-0.3, -0.25) is 0 Å². The van der Waals surface area contributed by atoms with E-state index in [1.165, 1.54) is 32.1 Å². The highest BCUT2D eigenvalue weighted by atomic mass is 16.5. The fourth-order valence-corrected chi connectivity index (χ4v) is 2.91. The predicted molar refractivity (Wildman–Crippen MR) is 76.0 cm³/mol. The van der Waals surface area contributed by atoms with Crippen molar-refractivity contribution >= 4 is 0 Å². The van der Waals surface area contributed by atoms with E-state index in [9.17, 15) is 0 Å². The number of hydrogen-bond acceptors (Lipinski definition) is 3. The Bertz CT molecular complexity index is 211. The molecule has 1 saturated carbocycles. The molecule has 0 aliphatic heterocycles. The summed E-state index contributed by atoms with van der Waals surface area (Å²) >= 11 is 0. The lowest BCUT2D eigenvalue weighted by molar-refractivity contribution is -0.0944. The second-order valence-electron chi connectivity index (χ2n) is 5.61. The quantitative estimate of drug-likeness (QED) is 0.644. The Kier molecular flexibility index (Phi) is 7.87. The molecule has 1 rings (SSSR count). The molecule has 18 heavy (non-hydrogen) atoms. The molecular formula is C15H31NO2. The fraction of sp³-hybridized carbons (Fsp3) is 1.00. The molecule has 2 unspecified atom stereocenters. The van der Waals surface area contributed by atoms with Crippen molar-refractivity contribution in [2.24, 2.45) is 5.92 Å². The molecule has 2 atom stereocenters. The van der Waals surface area contributed by atoms with Crippen LogP contribution in [0.4, 0.5) is 0 Å². The Morgan fingerprint density at radius 3 is 2.78 bits per heavy atom. The Labute approximate surface area is 113 Å². The molecule has 0 saturated heterocycles. The minimum absolute atomic E-state index is 0.0595. The molecule has 0 radical (unpaired) electrons. The first-order valence-corrected chi connectivity index (χ1v) is 7.65. The summed E-state index contributed by atoms with van der Waals surface area (Å²) < 4.78 is 11.6. The van der Waals surface area contributed by atoms with Gasteiger partial charge in [0.2, 0.25) is 0 Å². The first kappa shape index (κ1) is 15.9. The molecule has 0 aromatic rings. The molecule has 0 amide bonds. The molecule has 3 nitrogen and oxygen atoms in total. The number of nitrogens with one attached hydrogen (secondary N) is 1. The van der Waals surface area contributed by atoms with Crippen LogP contribution in [0.1, 0.15) is 52.9 Å². The van der Waals surface area contributed by atoms with Crippen LogP contribution < -0.4 is 5.32 Å². The summed E-state index contributed by atoms with van der Waals surface area (Å²) in [5, 5.41) is 3.54. The zero-order chi connectivity index (χ0) is 13.3. The summed E-state index contributed by atoms with van der Waals surface area (Å²) in [6.07, 6.45) is 6.22. The fourth-order valence-electron chi connectivity index (χ4n) is 2.91. The molecule has 1 N–H and O–H groups in total. The van der Waals surface area contributed by atoms with E-state index < -0.39 is 0 Å². The van der Waals surface area contributed by atoms with Crippen LogP contribution in [-0.4, -0.2) is 38.5 Å². The van der Waals surface area contributed by atoms with E-state index in [0.29, 0.717) is 0 Å². The summed E-state index contributed by atoms with van der Waals surface area (Å²) in [6.45, 7) is 10.9. The van der Waals surface area contributed by atoms with Crippen molar-refractivity contribution in [3.63, 3.8) is 0 Å². The zero-order valence-corrected chi connectivity index (χ0v) is 12.5. The smallest absolute Gasteiger partial charge is 0.0810 e. The summed E-state index contributed by atoms with van der Waals surface area (Å²) in [6, 6.07) is 0. The SMILES string of the molecule is CCCNCC1(OCCOCC)CCCC(C)C1. The average molecular weight is 257 g/mol. The van der Waals surface area contributed by atoms with Crippen LogP contribution in [0.5, 0.6) is 0 Å². The minimum Gasteiger partial charge on any atom is -0.379 e. The van der Waals surface area contributed by atoms with E-state index in [-0.39, 0.29) is 5.60 Å². The maximum atomic E-state index is 6.20. The zero-order valence-electron chi connectivity index (χ0n) is 12.5. The van der Waals surface area contributed by atoms with Crippen molar-refractivity contribution in [3.05, 3.63) is 0 Å². The molecule has 1 fully saturated rings. The first-order valence-electron chi connectivity index (χ1n) is 7.65. The lowest BCUT2D eigenvalue weighted by Crippen LogP contribution is -2.47. The van der Waals surface area contributed by atoms with Gasteiger partial charge in [-0.25, -0.2) is 0 Å². The topological polar surface area (TPSA) is 30.5 Å². The molecule has 0 aromatic carbocycles. The van der Waals surface area contributed by atoms with E-state index in [1.54, 1.807) is 0 Å². The molecule has 0 spiro atoms. The Hall–Kier alpha value is -0.120.